The fourth-order valence-corrected chi connectivity index (χ4v) is 2.87. The molecule has 0 spiro atoms. The molecule has 1 fully saturated rings. The van der Waals surface area contributed by atoms with Crippen LogP contribution in [0.15, 0.2) is 6.07 Å². The number of nitrogens with two attached hydrogens (primary N) is 1. The summed E-state index contributed by atoms with van der Waals surface area (Å²) < 4.78 is 5.23. The van der Waals surface area contributed by atoms with Gasteiger partial charge in [-0.25, -0.2) is 0 Å². The van der Waals surface area contributed by atoms with Crippen LogP contribution >= 0.6 is 0 Å². The van der Waals surface area contributed by atoms with E-state index < -0.39 is 11.3 Å². The molecule has 2 rings (SSSR count). The molecule has 1 aliphatic carbocycles. The first-order valence-electron chi connectivity index (χ1n) is 8.81. The number of amides is 3. The monoisotopic (exact) mass is 365 g/mol. The molecule has 0 aliphatic heterocycles. The SMILES string of the molecule is CCOc1cc(C(=O)N[C@@H]2CC[C@H](CNC(=O)C(C)(C)C(N)=O)C2)[nH]n1. The summed E-state index contributed by atoms with van der Waals surface area (Å²) in [7, 11) is 0. The maximum Gasteiger partial charge on any atom is 0.269 e. The lowest BCUT2D eigenvalue weighted by Gasteiger charge is -2.21. The number of ether oxygens (including phenoxy) is 1. The number of nitrogens with one attached hydrogen (secondary N) is 3. The van der Waals surface area contributed by atoms with E-state index in [-0.39, 0.29) is 23.8 Å². The summed E-state index contributed by atoms with van der Waals surface area (Å²) in [5.74, 6) is -0.626. The van der Waals surface area contributed by atoms with Crippen molar-refractivity contribution in [2.45, 2.75) is 46.1 Å². The van der Waals surface area contributed by atoms with Gasteiger partial charge in [-0.3, -0.25) is 19.5 Å². The van der Waals surface area contributed by atoms with Crippen LogP contribution in [-0.4, -0.2) is 47.1 Å². The van der Waals surface area contributed by atoms with Crippen LogP contribution in [0.5, 0.6) is 5.88 Å². The normalized spacial score (nSPS) is 19.8. The van der Waals surface area contributed by atoms with Crippen LogP contribution in [-0.2, 0) is 9.59 Å². The van der Waals surface area contributed by atoms with E-state index in [1.54, 1.807) is 6.07 Å². The minimum atomic E-state index is -1.23. The van der Waals surface area contributed by atoms with Crippen molar-refractivity contribution < 1.29 is 19.1 Å². The van der Waals surface area contributed by atoms with Crippen LogP contribution in [0.25, 0.3) is 0 Å². The lowest BCUT2D eigenvalue weighted by atomic mass is 9.91. The van der Waals surface area contributed by atoms with Gasteiger partial charge in [-0.15, -0.1) is 5.10 Å². The van der Waals surface area contributed by atoms with Gasteiger partial charge < -0.3 is 21.1 Å². The molecule has 3 amide bonds. The van der Waals surface area contributed by atoms with Crippen molar-refractivity contribution in [1.29, 1.82) is 0 Å². The zero-order chi connectivity index (χ0) is 19.3. The van der Waals surface area contributed by atoms with Gasteiger partial charge in [0.05, 0.1) is 6.61 Å². The van der Waals surface area contributed by atoms with E-state index in [4.69, 9.17) is 10.5 Å². The van der Waals surface area contributed by atoms with Gasteiger partial charge in [0, 0.05) is 18.7 Å². The first kappa shape index (κ1) is 19.7. The number of H-pyrrole nitrogens is 1. The number of hydrogen-bond acceptors (Lipinski definition) is 5. The molecule has 2 atom stereocenters. The summed E-state index contributed by atoms with van der Waals surface area (Å²) in [4.78, 5) is 35.6. The Morgan fingerprint density at radius 3 is 2.77 bits per heavy atom. The average molecular weight is 365 g/mol. The van der Waals surface area contributed by atoms with E-state index in [1.165, 1.54) is 13.8 Å². The maximum absolute atomic E-state index is 12.2. The van der Waals surface area contributed by atoms with Crippen LogP contribution in [0.1, 0.15) is 50.5 Å². The number of rotatable bonds is 8. The molecule has 1 saturated carbocycles. The molecule has 26 heavy (non-hydrogen) atoms. The Kier molecular flexibility index (Phi) is 6.23. The van der Waals surface area contributed by atoms with E-state index in [0.717, 1.165) is 19.3 Å². The van der Waals surface area contributed by atoms with Crippen molar-refractivity contribution in [3.8, 4) is 5.88 Å². The van der Waals surface area contributed by atoms with Crippen molar-refractivity contribution in [3.63, 3.8) is 0 Å². The molecule has 0 saturated heterocycles. The third-order valence-electron chi connectivity index (χ3n) is 4.70. The summed E-state index contributed by atoms with van der Waals surface area (Å²) in [6, 6.07) is 1.60. The van der Waals surface area contributed by atoms with Crippen molar-refractivity contribution in [1.82, 2.24) is 20.8 Å². The van der Waals surface area contributed by atoms with Gasteiger partial charge in [-0.05, 0) is 46.0 Å². The van der Waals surface area contributed by atoms with Gasteiger partial charge in [0.1, 0.15) is 11.1 Å². The third-order valence-corrected chi connectivity index (χ3v) is 4.70. The maximum atomic E-state index is 12.2. The molecule has 9 heteroatoms. The second kappa shape index (κ2) is 8.20. The zero-order valence-corrected chi connectivity index (χ0v) is 15.4. The van der Waals surface area contributed by atoms with Crippen LogP contribution in [0.3, 0.4) is 0 Å². The lowest BCUT2D eigenvalue weighted by Crippen LogP contribution is -2.46. The molecular weight excluding hydrogens is 338 g/mol. The number of hydrogen-bond donors (Lipinski definition) is 4. The van der Waals surface area contributed by atoms with E-state index in [1.807, 2.05) is 6.92 Å². The summed E-state index contributed by atoms with van der Waals surface area (Å²) in [6.45, 7) is 5.79. The average Bonchev–Trinajstić information content (AvgIpc) is 3.22. The molecule has 0 aromatic carbocycles. The highest BCUT2D eigenvalue weighted by Gasteiger charge is 2.35. The fraction of sp³-hybridized carbons (Fsp3) is 0.647. The first-order chi connectivity index (χ1) is 12.2. The molecule has 0 bridgehead atoms. The summed E-state index contributed by atoms with van der Waals surface area (Å²) in [5, 5.41) is 12.3. The standard InChI is InChI=1S/C17H27N5O4/c1-4-26-13-8-12(21-22-13)14(23)20-11-6-5-10(7-11)9-19-16(25)17(2,3)15(18)24/h8,10-11H,4-7,9H2,1-3H3,(H2,18,24)(H,19,25)(H,20,23)(H,21,22)/t10-,11+/m0/s1. The highest BCUT2D eigenvalue weighted by molar-refractivity contribution is 6.03. The molecule has 1 aliphatic rings. The van der Waals surface area contributed by atoms with Gasteiger partial charge in [0.2, 0.25) is 17.7 Å². The van der Waals surface area contributed by atoms with Crippen molar-refractivity contribution in [3.05, 3.63) is 11.8 Å². The fourth-order valence-electron chi connectivity index (χ4n) is 2.87. The van der Waals surface area contributed by atoms with Gasteiger partial charge in [0.25, 0.3) is 5.91 Å². The Balaban J connectivity index is 1.78. The first-order valence-corrected chi connectivity index (χ1v) is 8.81. The van der Waals surface area contributed by atoms with Crippen molar-refractivity contribution in [2.24, 2.45) is 17.1 Å². The number of aromatic nitrogens is 2. The van der Waals surface area contributed by atoms with E-state index in [0.29, 0.717) is 24.7 Å². The second-order valence-electron chi connectivity index (χ2n) is 7.10. The molecule has 0 unspecified atom stereocenters. The summed E-state index contributed by atoms with van der Waals surface area (Å²) >= 11 is 0. The lowest BCUT2D eigenvalue weighted by molar-refractivity contribution is -0.139. The Labute approximate surface area is 152 Å². The molecule has 144 valence electrons. The number of carbonyl (C=O) groups excluding carboxylic acids is 3. The number of primary amides is 1. The Bertz CT molecular complexity index is 670. The van der Waals surface area contributed by atoms with E-state index >= 15 is 0 Å². The Morgan fingerprint density at radius 2 is 2.12 bits per heavy atom. The highest BCUT2D eigenvalue weighted by Crippen LogP contribution is 2.26. The smallest absolute Gasteiger partial charge is 0.269 e. The Hall–Kier alpha value is -2.58. The van der Waals surface area contributed by atoms with Gasteiger partial charge >= 0.3 is 0 Å². The molecule has 9 nitrogen and oxygen atoms in total. The Morgan fingerprint density at radius 1 is 1.38 bits per heavy atom. The molecule has 1 aromatic heterocycles. The topological polar surface area (TPSA) is 139 Å². The molecule has 0 radical (unpaired) electrons. The van der Waals surface area contributed by atoms with Gasteiger partial charge in [-0.2, -0.15) is 0 Å². The second-order valence-corrected chi connectivity index (χ2v) is 7.10. The zero-order valence-electron chi connectivity index (χ0n) is 15.4. The molecule has 5 N–H and O–H groups in total. The number of aromatic amines is 1. The van der Waals surface area contributed by atoms with Crippen molar-refractivity contribution in [2.75, 3.05) is 13.2 Å². The highest BCUT2D eigenvalue weighted by atomic mass is 16.5. The third kappa shape index (κ3) is 4.74. The van der Waals surface area contributed by atoms with E-state index in [2.05, 4.69) is 20.8 Å². The predicted molar refractivity (Wildman–Crippen MR) is 94.3 cm³/mol. The minimum absolute atomic E-state index is 0.0346. The van der Waals surface area contributed by atoms with Crippen LogP contribution < -0.4 is 21.1 Å². The van der Waals surface area contributed by atoms with Crippen LogP contribution in [0.4, 0.5) is 0 Å². The van der Waals surface area contributed by atoms with Gasteiger partial charge in [0.15, 0.2) is 0 Å². The predicted octanol–water partition coefficient (Wildman–Crippen LogP) is 0.335. The summed E-state index contributed by atoms with van der Waals surface area (Å²) in [6.07, 6.45) is 2.48. The quantitative estimate of drug-likeness (QED) is 0.492. The molecule has 1 heterocycles. The van der Waals surface area contributed by atoms with Gasteiger partial charge in [-0.1, -0.05) is 0 Å². The number of carbonyl (C=O) groups is 3. The van der Waals surface area contributed by atoms with E-state index in [9.17, 15) is 14.4 Å². The number of nitrogens with zero attached hydrogens (tertiary/aromatic N) is 1. The molecular formula is C17H27N5O4. The minimum Gasteiger partial charge on any atom is -0.477 e. The largest absolute Gasteiger partial charge is 0.477 e. The van der Waals surface area contributed by atoms with Crippen LogP contribution in [0.2, 0.25) is 0 Å². The van der Waals surface area contributed by atoms with Crippen LogP contribution in [0, 0.1) is 11.3 Å². The molecule has 1 aromatic rings. The van der Waals surface area contributed by atoms with Crippen molar-refractivity contribution >= 4 is 17.7 Å². The summed E-state index contributed by atoms with van der Waals surface area (Å²) in [5.41, 5.74) is 4.37.